The van der Waals surface area contributed by atoms with E-state index in [1.165, 1.54) is 12.1 Å². The first-order chi connectivity index (χ1) is 12.0. The summed E-state index contributed by atoms with van der Waals surface area (Å²) in [5.74, 6) is 0.949. The third-order valence-corrected chi connectivity index (χ3v) is 5.29. The second-order valence-electron chi connectivity index (χ2n) is 7.38. The van der Waals surface area contributed by atoms with Crippen LogP contribution in [0.3, 0.4) is 0 Å². The first-order valence-electron chi connectivity index (χ1n) is 8.56. The first-order valence-corrected chi connectivity index (χ1v) is 9.68. The Morgan fingerprint density at radius 1 is 1.04 bits per heavy atom. The van der Waals surface area contributed by atoms with Crippen molar-refractivity contribution in [1.82, 2.24) is 0 Å². The SMILES string of the molecule is CB(OC(C)(C)C(C)(C)O)c1ccc(Oc2ccc(F)cc2)cc1CBr. The van der Waals surface area contributed by atoms with Crippen LogP contribution in [0.5, 0.6) is 11.5 Å². The van der Waals surface area contributed by atoms with Crippen molar-refractivity contribution < 1.29 is 18.9 Å². The van der Waals surface area contributed by atoms with Gasteiger partial charge in [0.05, 0.1) is 11.2 Å². The van der Waals surface area contributed by atoms with E-state index in [1.54, 1.807) is 26.0 Å². The molecule has 1 N–H and O–H groups in total. The molecule has 0 bridgehead atoms. The van der Waals surface area contributed by atoms with Crippen molar-refractivity contribution in [3.63, 3.8) is 0 Å². The molecule has 0 fully saturated rings. The van der Waals surface area contributed by atoms with Gasteiger partial charge < -0.3 is 14.5 Å². The number of hydrogen-bond acceptors (Lipinski definition) is 3. The van der Waals surface area contributed by atoms with E-state index in [0.29, 0.717) is 16.8 Å². The third-order valence-electron chi connectivity index (χ3n) is 4.69. The fourth-order valence-electron chi connectivity index (χ4n) is 2.45. The zero-order chi connectivity index (χ0) is 19.5. The van der Waals surface area contributed by atoms with Gasteiger partial charge in [0, 0.05) is 5.33 Å². The van der Waals surface area contributed by atoms with Crippen LogP contribution in [0.4, 0.5) is 4.39 Å². The quantitative estimate of drug-likeness (QED) is 0.509. The lowest BCUT2D eigenvalue weighted by molar-refractivity contribution is -0.0918. The first kappa shape index (κ1) is 20.9. The van der Waals surface area contributed by atoms with E-state index >= 15 is 0 Å². The van der Waals surface area contributed by atoms with Gasteiger partial charge in [-0.05, 0) is 75.1 Å². The zero-order valence-electron chi connectivity index (χ0n) is 15.8. The van der Waals surface area contributed by atoms with Gasteiger partial charge in [0.15, 0.2) is 0 Å². The van der Waals surface area contributed by atoms with E-state index in [1.807, 2.05) is 38.9 Å². The summed E-state index contributed by atoms with van der Waals surface area (Å²) in [5, 5.41) is 11.0. The molecule has 0 radical (unpaired) electrons. The smallest absolute Gasteiger partial charge is 0.324 e. The maximum absolute atomic E-state index is 13.0. The van der Waals surface area contributed by atoms with Gasteiger partial charge in [-0.25, -0.2) is 4.39 Å². The highest BCUT2D eigenvalue weighted by molar-refractivity contribution is 9.08. The summed E-state index contributed by atoms with van der Waals surface area (Å²) < 4.78 is 25.0. The molecule has 140 valence electrons. The molecule has 6 heteroatoms. The van der Waals surface area contributed by atoms with Crippen LogP contribution in [0.25, 0.3) is 0 Å². The van der Waals surface area contributed by atoms with Crippen LogP contribution in [0.15, 0.2) is 42.5 Å². The van der Waals surface area contributed by atoms with Gasteiger partial charge in [0.2, 0.25) is 0 Å². The van der Waals surface area contributed by atoms with Gasteiger partial charge in [0.25, 0.3) is 0 Å². The Labute approximate surface area is 163 Å². The Morgan fingerprint density at radius 2 is 1.62 bits per heavy atom. The maximum atomic E-state index is 13.0. The van der Waals surface area contributed by atoms with Crippen molar-refractivity contribution in [2.24, 2.45) is 0 Å². The highest BCUT2D eigenvalue weighted by Crippen LogP contribution is 2.27. The van der Waals surface area contributed by atoms with E-state index < -0.39 is 11.2 Å². The average Bonchev–Trinajstić information content (AvgIpc) is 2.55. The maximum Gasteiger partial charge on any atom is 0.324 e. The third kappa shape index (κ3) is 5.09. The predicted octanol–water partition coefficient (Wildman–Crippen LogP) is 4.91. The van der Waals surface area contributed by atoms with E-state index in [4.69, 9.17) is 9.39 Å². The Bertz CT molecular complexity index is 742. The molecule has 2 aromatic carbocycles. The summed E-state index contributed by atoms with van der Waals surface area (Å²) in [4.78, 5) is 0. The molecule has 0 aliphatic heterocycles. The monoisotopic (exact) mass is 422 g/mol. The number of aliphatic hydroxyl groups is 1. The van der Waals surface area contributed by atoms with Crippen LogP contribution in [-0.2, 0) is 9.98 Å². The van der Waals surface area contributed by atoms with E-state index in [2.05, 4.69) is 15.9 Å². The topological polar surface area (TPSA) is 38.7 Å². The Balaban J connectivity index is 2.21. The van der Waals surface area contributed by atoms with E-state index in [-0.39, 0.29) is 12.7 Å². The van der Waals surface area contributed by atoms with Crippen molar-refractivity contribution in [3.8, 4) is 11.5 Å². The molecule has 0 saturated heterocycles. The fraction of sp³-hybridized carbons (Fsp3) is 0.400. The lowest BCUT2D eigenvalue weighted by Crippen LogP contribution is -2.52. The van der Waals surface area contributed by atoms with Crippen molar-refractivity contribution in [2.45, 2.75) is 51.1 Å². The molecule has 0 aliphatic carbocycles. The molecule has 0 aromatic heterocycles. The van der Waals surface area contributed by atoms with Crippen LogP contribution >= 0.6 is 15.9 Å². The summed E-state index contributed by atoms with van der Waals surface area (Å²) >= 11 is 3.51. The minimum absolute atomic E-state index is 0.205. The van der Waals surface area contributed by atoms with Gasteiger partial charge in [0.1, 0.15) is 17.3 Å². The van der Waals surface area contributed by atoms with Crippen LogP contribution in [0, 0.1) is 5.82 Å². The molecule has 0 aliphatic rings. The molecule has 26 heavy (non-hydrogen) atoms. The summed E-state index contributed by atoms with van der Waals surface area (Å²) in [7, 11) is 0. The van der Waals surface area contributed by atoms with E-state index in [0.717, 1.165) is 11.0 Å². The average molecular weight is 423 g/mol. The van der Waals surface area contributed by atoms with Crippen molar-refractivity contribution in [3.05, 3.63) is 53.8 Å². The van der Waals surface area contributed by atoms with Crippen LogP contribution in [0.2, 0.25) is 6.82 Å². The molecule has 2 rings (SSSR count). The van der Waals surface area contributed by atoms with Gasteiger partial charge in [-0.15, -0.1) is 0 Å². The number of halogens is 2. The molecule has 2 aromatic rings. The second-order valence-corrected chi connectivity index (χ2v) is 7.94. The van der Waals surface area contributed by atoms with Gasteiger partial charge in [-0.3, -0.25) is 0 Å². The number of benzene rings is 2. The summed E-state index contributed by atoms with van der Waals surface area (Å²) in [6.45, 7) is 9.00. The largest absolute Gasteiger partial charge is 0.457 e. The lowest BCUT2D eigenvalue weighted by Gasteiger charge is -2.39. The summed E-state index contributed by atoms with van der Waals surface area (Å²) in [6.07, 6.45) is 0. The van der Waals surface area contributed by atoms with Crippen LogP contribution in [0.1, 0.15) is 33.3 Å². The van der Waals surface area contributed by atoms with Crippen LogP contribution in [-0.4, -0.2) is 23.2 Å². The van der Waals surface area contributed by atoms with Crippen molar-refractivity contribution in [1.29, 1.82) is 0 Å². The molecule has 0 heterocycles. The van der Waals surface area contributed by atoms with E-state index in [9.17, 15) is 9.50 Å². The highest BCUT2D eigenvalue weighted by Gasteiger charge is 2.38. The van der Waals surface area contributed by atoms with Gasteiger partial charge in [-0.1, -0.05) is 28.8 Å². The minimum atomic E-state index is -0.971. The summed E-state index contributed by atoms with van der Waals surface area (Å²) in [5.41, 5.74) is 0.370. The molecular weight excluding hydrogens is 398 g/mol. The van der Waals surface area contributed by atoms with Crippen LogP contribution < -0.4 is 10.2 Å². The van der Waals surface area contributed by atoms with Crippen molar-refractivity contribution >= 4 is 28.3 Å². The normalized spacial score (nSPS) is 12.2. The molecule has 0 saturated carbocycles. The standard InChI is InChI=1S/C20H25BBrFO3/c1-19(2,24)20(3,4)26-21(5)18-11-10-17(12-14(18)13-22)25-16-8-6-15(23)7-9-16/h6-12,24H,13H2,1-5H3. The predicted molar refractivity (Wildman–Crippen MR) is 108 cm³/mol. The molecule has 0 unspecified atom stereocenters. The molecule has 3 nitrogen and oxygen atoms in total. The van der Waals surface area contributed by atoms with Gasteiger partial charge >= 0.3 is 6.92 Å². The van der Waals surface area contributed by atoms with Gasteiger partial charge in [-0.2, -0.15) is 0 Å². The minimum Gasteiger partial charge on any atom is -0.457 e. The number of rotatable bonds is 7. The molecule has 0 amide bonds. The molecule has 0 spiro atoms. The Morgan fingerprint density at radius 3 is 2.15 bits per heavy atom. The fourth-order valence-corrected chi connectivity index (χ4v) is 2.93. The van der Waals surface area contributed by atoms with Crippen molar-refractivity contribution in [2.75, 3.05) is 0 Å². The molecule has 0 atom stereocenters. The Hall–Kier alpha value is -1.37. The second kappa shape index (κ2) is 8.11. The number of hydrogen-bond donors (Lipinski definition) is 1. The zero-order valence-corrected chi connectivity index (χ0v) is 17.4. The highest BCUT2D eigenvalue weighted by atomic mass is 79.9. The number of ether oxygens (including phenoxy) is 1. The lowest BCUT2D eigenvalue weighted by atomic mass is 9.61. The number of alkyl halides is 1. The Kier molecular flexibility index (Phi) is 6.53. The molecular formula is C20H25BBrFO3. The summed E-state index contributed by atoms with van der Waals surface area (Å²) in [6, 6.07) is 11.7.